The first-order valence-electron chi connectivity index (χ1n) is 7.43. The number of nitrogens with two attached hydrogens (primary N) is 1. The van der Waals surface area contributed by atoms with E-state index >= 15 is 0 Å². The van der Waals surface area contributed by atoms with Crippen LogP contribution in [-0.4, -0.2) is 11.1 Å². The maximum Gasteiger partial charge on any atom is 0.276 e. The Labute approximate surface area is 124 Å². The lowest BCUT2D eigenvalue weighted by atomic mass is 9.99. The van der Waals surface area contributed by atoms with Gasteiger partial charge in [0.15, 0.2) is 0 Å². The van der Waals surface area contributed by atoms with Gasteiger partial charge >= 0.3 is 0 Å². The molecule has 0 fully saturated rings. The van der Waals surface area contributed by atoms with Gasteiger partial charge < -0.3 is 15.2 Å². The molecule has 0 amide bonds. The third-order valence-electron chi connectivity index (χ3n) is 4.31. The topological polar surface area (TPSA) is 51.3 Å². The molecule has 0 bridgehead atoms. The van der Waals surface area contributed by atoms with Gasteiger partial charge in [0.2, 0.25) is 0 Å². The SMILES string of the molecule is CCn1c(C)cc(N2CCc3ccccc3C2)c(N)c1=O. The summed E-state index contributed by atoms with van der Waals surface area (Å²) in [5, 5.41) is 0. The Morgan fingerprint density at radius 3 is 2.67 bits per heavy atom. The van der Waals surface area contributed by atoms with Crippen molar-refractivity contribution in [2.75, 3.05) is 17.2 Å². The fraction of sp³-hybridized carbons (Fsp3) is 0.353. The summed E-state index contributed by atoms with van der Waals surface area (Å²) in [6.45, 7) is 6.29. The van der Waals surface area contributed by atoms with E-state index in [4.69, 9.17) is 5.73 Å². The van der Waals surface area contributed by atoms with Crippen LogP contribution in [0.2, 0.25) is 0 Å². The summed E-state index contributed by atoms with van der Waals surface area (Å²) in [5.74, 6) is 0. The van der Waals surface area contributed by atoms with E-state index in [0.717, 1.165) is 30.9 Å². The van der Waals surface area contributed by atoms with E-state index in [1.165, 1.54) is 11.1 Å². The van der Waals surface area contributed by atoms with Crippen molar-refractivity contribution in [2.24, 2.45) is 0 Å². The Bertz CT molecular complexity index is 733. The molecule has 2 N–H and O–H groups in total. The summed E-state index contributed by atoms with van der Waals surface area (Å²) in [5.41, 5.74) is 10.9. The first-order chi connectivity index (χ1) is 10.1. The van der Waals surface area contributed by atoms with Crippen LogP contribution in [0.15, 0.2) is 35.1 Å². The zero-order valence-corrected chi connectivity index (χ0v) is 12.6. The number of anilines is 2. The van der Waals surface area contributed by atoms with Crippen LogP contribution in [0, 0.1) is 6.92 Å². The Kier molecular flexibility index (Phi) is 3.45. The molecule has 1 aromatic heterocycles. The van der Waals surface area contributed by atoms with Crippen molar-refractivity contribution in [1.82, 2.24) is 4.57 Å². The van der Waals surface area contributed by atoms with Gasteiger partial charge in [-0.1, -0.05) is 24.3 Å². The number of fused-ring (bicyclic) bond motifs is 1. The Hall–Kier alpha value is -2.23. The predicted molar refractivity (Wildman–Crippen MR) is 86.7 cm³/mol. The minimum absolute atomic E-state index is 0.0774. The zero-order chi connectivity index (χ0) is 15.0. The molecule has 0 saturated heterocycles. The number of hydrogen-bond donors (Lipinski definition) is 1. The van der Waals surface area contributed by atoms with Gasteiger partial charge in [0.25, 0.3) is 5.56 Å². The molecular weight excluding hydrogens is 262 g/mol. The highest BCUT2D eigenvalue weighted by Gasteiger charge is 2.20. The van der Waals surface area contributed by atoms with Crippen LogP contribution in [0.4, 0.5) is 11.4 Å². The van der Waals surface area contributed by atoms with Crippen LogP contribution in [0.5, 0.6) is 0 Å². The second kappa shape index (κ2) is 5.28. The van der Waals surface area contributed by atoms with Crippen molar-refractivity contribution in [3.63, 3.8) is 0 Å². The first kappa shape index (κ1) is 13.7. The molecular formula is C17H21N3O. The van der Waals surface area contributed by atoms with Crippen LogP contribution in [-0.2, 0) is 19.5 Å². The Balaban J connectivity index is 2.01. The van der Waals surface area contributed by atoms with E-state index in [9.17, 15) is 4.79 Å². The van der Waals surface area contributed by atoms with Crippen molar-refractivity contribution < 1.29 is 0 Å². The summed E-state index contributed by atoms with van der Waals surface area (Å²) in [6.07, 6.45) is 0.992. The highest BCUT2D eigenvalue weighted by atomic mass is 16.1. The maximum atomic E-state index is 12.3. The molecule has 4 heteroatoms. The number of nitrogen functional groups attached to an aromatic ring is 1. The second-order valence-electron chi connectivity index (χ2n) is 5.57. The van der Waals surface area contributed by atoms with Crippen molar-refractivity contribution in [1.29, 1.82) is 0 Å². The minimum Gasteiger partial charge on any atom is -0.393 e. The van der Waals surface area contributed by atoms with E-state index in [1.54, 1.807) is 4.57 Å². The average Bonchev–Trinajstić information content (AvgIpc) is 2.51. The van der Waals surface area contributed by atoms with E-state index in [1.807, 2.05) is 19.9 Å². The maximum absolute atomic E-state index is 12.3. The molecule has 0 saturated carbocycles. The third kappa shape index (κ3) is 2.31. The quantitative estimate of drug-likeness (QED) is 0.920. The first-order valence-corrected chi connectivity index (χ1v) is 7.43. The highest BCUT2D eigenvalue weighted by molar-refractivity contribution is 5.67. The molecule has 21 heavy (non-hydrogen) atoms. The molecule has 0 radical (unpaired) electrons. The standard InChI is InChI=1S/C17H21N3O/c1-3-20-12(2)10-15(16(18)17(20)21)19-9-8-13-6-4-5-7-14(13)11-19/h4-7,10H,3,8-9,11,18H2,1-2H3. The number of nitrogens with zero attached hydrogens (tertiary/aromatic N) is 2. The molecule has 2 heterocycles. The summed E-state index contributed by atoms with van der Waals surface area (Å²) < 4.78 is 1.72. The fourth-order valence-electron chi connectivity index (χ4n) is 3.12. The second-order valence-corrected chi connectivity index (χ2v) is 5.57. The number of benzene rings is 1. The smallest absolute Gasteiger partial charge is 0.276 e. The molecule has 0 spiro atoms. The number of pyridine rings is 1. The van der Waals surface area contributed by atoms with Crippen molar-refractivity contribution in [3.05, 3.63) is 57.5 Å². The van der Waals surface area contributed by atoms with E-state index in [0.29, 0.717) is 12.2 Å². The van der Waals surface area contributed by atoms with Gasteiger partial charge in [-0.2, -0.15) is 0 Å². The van der Waals surface area contributed by atoms with Gasteiger partial charge in [-0.3, -0.25) is 4.79 Å². The molecule has 4 nitrogen and oxygen atoms in total. The lowest BCUT2D eigenvalue weighted by molar-refractivity contribution is 0.691. The van der Waals surface area contributed by atoms with Crippen LogP contribution < -0.4 is 16.2 Å². The number of aryl methyl sites for hydroxylation is 1. The molecule has 0 unspecified atom stereocenters. The average molecular weight is 283 g/mol. The van der Waals surface area contributed by atoms with E-state index in [2.05, 4.69) is 29.2 Å². The number of aromatic nitrogens is 1. The van der Waals surface area contributed by atoms with Crippen LogP contribution >= 0.6 is 0 Å². The van der Waals surface area contributed by atoms with E-state index < -0.39 is 0 Å². The molecule has 1 aliphatic rings. The van der Waals surface area contributed by atoms with Crippen molar-refractivity contribution >= 4 is 11.4 Å². The minimum atomic E-state index is -0.0774. The molecule has 1 aromatic carbocycles. The summed E-state index contributed by atoms with van der Waals surface area (Å²) in [6, 6.07) is 10.5. The molecule has 2 aromatic rings. The van der Waals surface area contributed by atoms with Gasteiger partial charge in [-0.05, 0) is 37.5 Å². The number of hydrogen-bond acceptors (Lipinski definition) is 3. The normalized spacial score (nSPS) is 14.1. The molecule has 3 rings (SSSR count). The number of rotatable bonds is 2. The zero-order valence-electron chi connectivity index (χ0n) is 12.6. The summed E-state index contributed by atoms with van der Waals surface area (Å²) in [7, 11) is 0. The van der Waals surface area contributed by atoms with Gasteiger partial charge in [0.05, 0.1) is 5.69 Å². The summed E-state index contributed by atoms with van der Waals surface area (Å²) in [4.78, 5) is 14.6. The van der Waals surface area contributed by atoms with Gasteiger partial charge in [-0.15, -0.1) is 0 Å². The van der Waals surface area contributed by atoms with Crippen molar-refractivity contribution in [2.45, 2.75) is 33.4 Å². The predicted octanol–water partition coefficient (Wildman–Crippen LogP) is 2.32. The Morgan fingerprint density at radius 1 is 1.24 bits per heavy atom. The monoisotopic (exact) mass is 283 g/mol. The van der Waals surface area contributed by atoms with Crippen LogP contribution in [0.25, 0.3) is 0 Å². The molecule has 110 valence electrons. The molecule has 0 aliphatic carbocycles. The fourth-order valence-corrected chi connectivity index (χ4v) is 3.12. The van der Waals surface area contributed by atoms with Crippen molar-refractivity contribution in [3.8, 4) is 0 Å². The molecule has 0 atom stereocenters. The lowest BCUT2D eigenvalue weighted by Crippen LogP contribution is -2.34. The van der Waals surface area contributed by atoms with Gasteiger partial charge in [-0.25, -0.2) is 0 Å². The van der Waals surface area contributed by atoms with Crippen LogP contribution in [0.1, 0.15) is 23.7 Å². The third-order valence-corrected chi connectivity index (χ3v) is 4.31. The van der Waals surface area contributed by atoms with Crippen LogP contribution in [0.3, 0.4) is 0 Å². The lowest BCUT2D eigenvalue weighted by Gasteiger charge is -2.32. The van der Waals surface area contributed by atoms with E-state index in [-0.39, 0.29) is 5.56 Å². The molecule has 1 aliphatic heterocycles. The van der Waals surface area contributed by atoms with Gasteiger partial charge in [0.1, 0.15) is 5.69 Å². The largest absolute Gasteiger partial charge is 0.393 e. The summed E-state index contributed by atoms with van der Waals surface area (Å²) >= 11 is 0. The highest BCUT2D eigenvalue weighted by Crippen LogP contribution is 2.27. The van der Waals surface area contributed by atoms with Gasteiger partial charge in [0, 0.05) is 25.3 Å². The Morgan fingerprint density at radius 2 is 1.95 bits per heavy atom.